The van der Waals surface area contributed by atoms with Crippen LogP contribution < -0.4 is 10.6 Å². The van der Waals surface area contributed by atoms with Crippen molar-refractivity contribution in [1.29, 1.82) is 0 Å². The Morgan fingerprint density at radius 2 is 2.04 bits per heavy atom. The zero-order chi connectivity index (χ0) is 18.2. The molecule has 1 aromatic carbocycles. The Balaban J connectivity index is 1.57. The van der Waals surface area contributed by atoms with E-state index >= 15 is 0 Å². The molecular formula is C19H24N4O3. The summed E-state index contributed by atoms with van der Waals surface area (Å²) in [6.45, 7) is 4.26. The zero-order valence-electron chi connectivity index (χ0n) is 14.9. The smallest absolute Gasteiger partial charge is 0.254 e. The molecule has 1 aliphatic heterocycles. The highest BCUT2D eigenvalue weighted by atomic mass is 16.5. The van der Waals surface area contributed by atoms with Gasteiger partial charge in [0.1, 0.15) is 0 Å². The van der Waals surface area contributed by atoms with Crippen molar-refractivity contribution >= 4 is 11.9 Å². The van der Waals surface area contributed by atoms with Crippen molar-refractivity contribution in [1.82, 2.24) is 15.3 Å². The van der Waals surface area contributed by atoms with Crippen LogP contribution in [0.3, 0.4) is 0 Å². The molecule has 2 N–H and O–H groups in total. The topological polar surface area (TPSA) is 85.4 Å². The molecule has 0 unspecified atom stereocenters. The molecular weight excluding hydrogens is 332 g/mol. The number of nitrogens with one attached hydrogen (secondary N) is 2. The summed E-state index contributed by atoms with van der Waals surface area (Å²) >= 11 is 0. The van der Waals surface area contributed by atoms with E-state index in [0.717, 1.165) is 18.5 Å². The minimum absolute atomic E-state index is 0.0881. The lowest BCUT2D eigenvalue weighted by Crippen LogP contribution is -2.50. The van der Waals surface area contributed by atoms with Gasteiger partial charge in [0, 0.05) is 25.5 Å². The van der Waals surface area contributed by atoms with E-state index in [9.17, 15) is 4.79 Å². The number of carbonyl (C=O) groups is 1. The van der Waals surface area contributed by atoms with Crippen LogP contribution in [0.1, 0.15) is 29.3 Å². The molecule has 7 nitrogen and oxygen atoms in total. The predicted molar refractivity (Wildman–Crippen MR) is 97.9 cm³/mol. The van der Waals surface area contributed by atoms with Crippen molar-refractivity contribution in [3.63, 3.8) is 0 Å². The number of aromatic nitrogens is 2. The van der Waals surface area contributed by atoms with Gasteiger partial charge in [0.2, 0.25) is 5.95 Å². The van der Waals surface area contributed by atoms with Gasteiger partial charge in [-0.2, -0.15) is 0 Å². The Morgan fingerprint density at radius 1 is 1.27 bits per heavy atom. The highest BCUT2D eigenvalue weighted by molar-refractivity contribution is 5.93. The van der Waals surface area contributed by atoms with Crippen LogP contribution in [-0.4, -0.2) is 47.8 Å². The molecule has 1 amide bonds. The number of hydrogen-bond donors (Lipinski definition) is 2. The Kier molecular flexibility index (Phi) is 6.51. The molecule has 0 aliphatic carbocycles. The van der Waals surface area contributed by atoms with Crippen LogP contribution in [0.25, 0.3) is 0 Å². The second-order valence-electron chi connectivity index (χ2n) is 6.10. The predicted octanol–water partition coefficient (Wildman–Crippen LogP) is 2.01. The third kappa shape index (κ3) is 5.00. The minimum atomic E-state index is -0.225. The van der Waals surface area contributed by atoms with Gasteiger partial charge in [-0.15, -0.1) is 0 Å². The number of hydrogen-bond acceptors (Lipinski definition) is 6. The fraction of sp³-hybridized carbons (Fsp3) is 0.421. The lowest BCUT2D eigenvalue weighted by molar-refractivity contribution is -0.0605. The second-order valence-corrected chi connectivity index (χ2v) is 6.10. The first kappa shape index (κ1) is 18.3. The van der Waals surface area contributed by atoms with Gasteiger partial charge in [0.05, 0.1) is 30.9 Å². The van der Waals surface area contributed by atoms with Crippen molar-refractivity contribution in [2.75, 3.05) is 25.1 Å². The van der Waals surface area contributed by atoms with Gasteiger partial charge in [-0.25, -0.2) is 9.97 Å². The number of anilines is 1. The summed E-state index contributed by atoms with van der Waals surface area (Å²) in [5, 5.41) is 5.98. The summed E-state index contributed by atoms with van der Waals surface area (Å²) in [6, 6.07) is 9.79. The monoisotopic (exact) mass is 356 g/mol. The van der Waals surface area contributed by atoms with Crippen LogP contribution >= 0.6 is 0 Å². The van der Waals surface area contributed by atoms with Crippen LogP contribution in [0.5, 0.6) is 0 Å². The average Bonchev–Trinajstić information content (AvgIpc) is 2.69. The van der Waals surface area contributed by atoms with Crippen molar-refractivity contribution in [3.8, 4) is 0 Å². The first-order valence-electron chi connectivity index (χ1n) is 8.86. The molecule has 0 spiro atoms. The first-order valence-corrected chi connectivity index (χ1v) is 8.86. The van der Waals surface area contributed by atoms with E-state index in [4.69, 9.17) is 9.47 Å². The fourth-order valence-corrected chi connectivity index (χ4v) is 2.78. The van der Waals surface area contributed by atoms with Crippen LogP contribution in [0.15, 0.2) is 42.7 Å². The largest absolute Gasteiger partial charge is 0.379 e. The number of nitrogens with zero attached hydrogens (tertiary/aromatic N) is 2. The van der Waals surface area contributed by atoms with Crippen LogP contribution in [0.2, 0.25) is 0 Å². The molecule has 0 radical (unpaired) electrons. The van der Waals surface area contributed by atoms with E-state index in [1.807, 2.05) is 37.3 Å². The van der Waals surface area contributed by atoms with Gasteiger partial charge in [0.25, 0.3) is 5.91 Å². The summed E-state index contributed by atoms with van der Waals surface area (Å²) in [7, 11) is 0. The molecule has 3 rings (SSSR count). The van der Waals surface area contributed by atoms with Crippen LogP contribution in [0, 0.1) is 0 Å². The zero-order valence-corrected chi connectivity index (χ0v) is 14.9. The Hall–Kier alpha value is -2.51. The van der Waals surface area contributed by atoms with Gasteiger partial charge in [-0.1, -0.05) is 30.3 Å². The lowest BCUT2D eigenvalue weighted by Gasteiger charge is -2.32. The van der Waals surface area contributed by atoms with Gasteiger partial charge in [0.15, 0.2) is 0 Å². The summed E-state index contributed by atoms with van der Waals surface area (Å²) in [5.74, 6) is 0.283. The van der Waals surface area contributed by atoms with E-state index < -0.39 is 0 Å². The number of ether oxygens (including phenoxy) is 2. The maximum absolute atomic E-state index is 12.5. The number of carbonyl (C=O) groups excluding carboxylic acids is 1. The summed E-state index contributed by atoms with van der Waals surface area (Å²) in [4.78, 5) is 20.7. The van der Waals surface area contributed by atoms with Gasteiger partial charge >= 0.3 is 0 Å². The highest BCUT2D eigenvalue weighted by Gasteiger charge is 2.28. The third-order valence-electron chi connectivity index (χ3n) is 4.17. The summed E-state index contributed by atoms with van der Waals surface area (Å²) in [6.07, 6.45) is 3.69. The summed E-state index contributed by atoms with van der Waals surface area (Å²) in [5.41, 5.74) is 1.52. The molecule has 2 atom stereocenters. The number of rotatable bonds is 7. The summed E-state index contributed by atoms with van der Waals surface area (Å²) < 4.78 is 11.5. The van der Waals surface area contributed by atoms with Crippen molar-refractivity contribution < 1.29 is 14.3 Å². The number of amides is 1. The van der Waals surface area contributed by atoms with E-state index in [0.29, 0.717) is 31.3 Å². The number of benzene rings is 1. The van der Waals surface area contributed by atoms with Crippen molar-refractivity contribution in [2.24, 2.45) is 0 Å². The fourth-order valence-electron chi connectivity index (χ4n) is 2.78. The Labute approximate surface area is 153 Å². The Bertz CT molecular complexity index is 694. The second kappa shape index (κ2) is 9.26. The van der Waals surface area contributed by atoms with Crippen LogP contribution in [-0.2, 0) is 16.1 Å². The van der Waals surface area contributed by atoms with Crippen molar-refractivity contribution in [3.05, 3.63) is 53.9 Å². The Morgan fingerprint density at radius 3 is 2.77 bits per heavy atom. The molecule has 1 aromatic heterocycles. The normalized spacial score (nSPS) is 19.7. The van der Waals surface area contributed by atoms with E-state index in [2.05, 4.69) is 20.6 Å². The SMILES string of the molecule is CCNc1ncc(C(=O)N[C@@H]2COCC[C@@H]2OCc2ccccc2)cn1. The molecule has 2 heterocycles. The quantitative estimate of drug-likeness (QED) is 0.789. The van der Waals surface area contributed by atoms with Crippen LogP contribution in [0.4, 0.5) is 5.95 Å². The molecule has 2 aromatic rings. The molecule has 7 heteroatoms. The lowest BCUT2D eigenvalue weighted by atomic mass is 10.1. The maximum Gasteiger partial charge on any atom is 0.254 e. The molecule has 1 aliphatic rings. The van der Waals surface area contributed by atoms with Gasteiger partial charge in [-0.3, -0.25) is 4.79 Å². The van der Waals surface area contributed by atoms with Crippen molar-refractivity contribution in [2.45, 2.75) is 32.1 Å². The van der Waals surface area contributed by atoms with Gasteiger partial charge in [-0.05, 0) is 18.9 Å². The maximum atomic E-state index is 12.5. The van der Waals surface area contributed by atoms with Gasteiger partial charge < -0.3 is 20.1 Å². The molecule has 26 heavy (non-hydrogen) atoms. The van der Waals surface area contributed by atoms with E-state index in [1.165, 1.54) is 12.4 Å². The minimum Gasteiger partial charge on any atom is -0.379 e. The van der Waals surface area contributed by atoms with E-state index in [1.54, 1.807) is 0 Å². The first-order chi connectivity index (χ1) is 12.8. The molecule has 1 fully saturated rings. The van der Waals surface area contributed by atoms with E-state index in [-0.39, 0.29) is 18.1 Å². The molecule has 0 bridgehead atoms. The molecule has 0 saturated carbocycles. The molecule has 1 saturated heterocycles. The molecule has 138 valence electrons. The third-order valence-corrected chi connectivity index (χ3v) is 4.17. The average molecular weight is 356 g/mol. The highest BCUT2D eigenvalue weighted by Crippen LogP contribution is 2.15. The standard InChI is InChI=1S/C19H24N4O3/c1-2-20-19-21-10-15(11-22-19)18(24)23-16-13-25-9-8-17(16)26-12-14-6-4-3-5-7-14/h3-7,10-11,16-17H,2,8-9,12-13H2,1H3,(H,23,24)(H,20,21,22)/t16-,17+/m1/s1.